The molecular formula is C7H5N3O3S. The topological polar surface area (TPSA) is 92.0 Å². The molecule has 2 aromatic heterocycles. The number of H-pyrrole nitrogens is 1. The second kappa shape index (κ2) is 3.54. The molecule has 0 aromatic carbocycles. The Hall–Kier alpha value is -1.76. The lowest BCUT2D eigenvalue weighted by Crippen LogP contribution is -1.91. The maximum atomic E-state index is 10.5. The third kappa shape index (κ3) is 1.77. The summed E-state index contributed by atoms with van der Waals surface area (Å²) in [7, 11) is 0. The fourth-order valence-electron chi connectivity index (χ4n) is 0.829. The van der Waals surface area contributed by atoms with Crippen molar-refractivity contribution in [2.75, 3.05) is 0 Å². The van der Waals surface area contributed by atoms with E-state index in [-0.39, 0.29) is 5.76 Å². The van der Waals surface area contributed by atoms with Crippen molar-refractivity contribution in [2.24, 2.45) is 0 Å². The molecule has 0 aliphatic heterocycles. The van der Waals surface area contributed by atoms with Gasteiger partial charge < -0.3 is 9.52 Å². The van der Waals surface area contributed by atoms with Gasteiger partial charge in [0.2, 0.25) is 5.76 Å². The lowest BCUT2D eigenvalue weighted by molar-refractivity contribution is 0.0656. The Morgan fingerprint density at radius 3 is 3.00 bits per heavy atom. The van der Waals surface area contributed by atoms with Crippen molar-refractivity contribution in [3.05, 3.63) is 24.2 Å². The number of nitrogens with zero attached hydrogens (tertiary/aromatic N) is 2. The predicted molar refractivity (Wildman–Crippen MR) is 46.2 cm³/mol. The number of hydrogen-bond donors (Lipinski definition) is 2. The number of hydrogen-bond acceptors (Lipinski definition) is 5. The number of aromatic amines is 1. The Balaban J connectivity index is 2.14. The van der Waals surface area contributed by atoms with Crippen LogP contribution in [0.4, 0.5) is 0 Å². The lowest BCUT2D eigenvalue weighted by atomic mass is 10.5. The van der Waals surface area contributed by atoms with Gasteiger partial charge in [0.1, 0.15) is 6.33 Å². The number of furan rings is 1. The molecule has 72 valence electrons. The van der Waals surface area contributed by atoms with E-state index < -0.39 is 5.97 Å². The molecule has 0 radical (unpaired) electrons. The molecule has 0 aliphatic carbocycles. The van der Waals surface area contributed by atoms with Gasteiger partial charge in [-0.2, -0.15) is 5.10 Å². The molecule has 7 heteroatoms. The number of carbonyl (C=O) groups is 1. The normalized spacial score (nSPS) is 10.3. The summed E-state index contributed by atoms with van der Waals surface area (Å²) >= 11 is 1.17. The maximum absolute atomic E-state index is 10.5. The summed E-state index contributed by atoms with van der Waals surface area (Å²) in [5, 5.41) is 15.9. The first kappa shape index (κ1) is 8.82. The molecule has 0 bridgehead atoms. The van der Waals surface area contributed by atoms with E-state index in [1.165, 1.54) is 24.2 Å². The smallest absolute Gasteiger partial charge is 0.371 e. The lowest BCUT2D eigenvalue weighted by Gasteiger charge is -1.89. The quantitative estimate of drug-likeness (QED) is 0.793. The Bertz CT molecular complexity index is 437. The molecule has 0 saturated carbocycles. The molecule has 0 fully saturated rings. The van der Waals surface area contributed by atoms with Gasteiger partial charge in [0.25, 0.3) is 0 Å². The van der Waals surface area contributed by atoms with Crippen LogP contribution in [-0.2, 0) is 0 Å². The first-order valence-electron chi connectivity index (χ1n) is 3.62. The van der Waals surface area contributed by atoms with Crippen molar-refractivity contribution in [3.8, 4) is 0 Å². The van der Waals surface area contributed by atoms with Crippen LogP contribution >= 0.6 is 11.8 Å². The molecule has 2 heterocycles. The van der Waals surface area contributed by atoms with Crippen LogP contribution in [0.2, 0.25) is 0 Å². The highest BCUT2D eigenvalue weighted by molar-refractivity contribution is 7.99. The summed E-state index contributed by atoms with van der Waals surface area (Å²) in [6.45, 7) is 0. The SMILES string of the molecule is O=C(O)c1ccc(Sc2ncn[nH]2)o1. The molecule has 0 atom stereocenters. The van der Waals surface area contributed by atoms with Gasteiger partial charge in [0, 0.05) is 0 Å². The van der Waals surface area contributed by atoms with E-state index in [2.05, 4.69) is 15.2 Å². The van der Waals surface area contributed by atoms with Crippen molar-refractivity contribution in [1.29, 1.82) is 0 Å². The zero-order valence-corrected chi connectivity index (χ0v) is 7.61. The average Bonchev–Trinajstić information content (AvgIpc) is 2.75. The highest BCUT2D eigenvalue weighted by Crippen LogP contribution is 2.25. The second-order valence-electron chi connectivity index (χ2n) is 2.32. The first-order valence-corrected chi connectivity index (χ1v) is 4.44. The van der Waals surface area contributed by atoms with Crippen molar-refractivity contribution in [3.63, 3.8) is 0 Å². The Morgan fingerprint density at radius 1 is 1.57 bits per heavy atom. The average molecular weight is 211 g/mol. The van der Waals surface area contributed by atoms with Gasteiger partial charge >= 0.3 is 5.97 Å². The largest absolute Gasteiger partial charge is 0.475 e. The van der Waals surface area contributed by atoms with Crippen molar-refractivity contribution in [1.82, 2.24) is 15.2 Å². The van der Waals surface area contributed by atoms with E-state index in [1.54, 1.807) is 6.07 Å². The van der Waals surface area contributed by atoms with Gasteiger partial charge in [0.05, 0.1) is 0 Å². The first-order chi connectivity index (χ1) is 6.75. The Morgan fingerprint density at radius 2 is 2.43 bits per heavy atom. The van der Waals surface area contributed by atoms with Gasteiger partial charge in [-0.1, -0.05) is 0 Å². The second-order valence-corrected chi connectivity index (χ2v) is 3.31. The van der Waals surface area contributed by atoms with Gasteiger partial charge in [-0.3, -0.25) is 5.10 Å². The van der Waals surface area contributed by atoms with E-state index in [0.717, 1.165) is 0 Å². The number of rotatable bonds is 3. The number of nitrogens with one attached hydrogen (secondary N) is 1. The molecule has 14 heavy (non-hydrogen) atoms. The van der Waals surface area contributed by atoms with E-state index in [1.807, 2.05) is 0 Å². The summed E-state index contributed by atoms with van der Waals surface area (Å²) in [4.78, 5) is 14.3. The molecule has 2 aromatic rings. The number of carboxylic acid groups (broad SMARTS) is 1. The van der Waals surface area contributed by atoms with Gasteiger partial charge in [0.15, 0.2) is 10.2 Å². The number of aromatic carboxylic acids is 1. The molecule has 2 rings (SSSR count). The third-order valence-corrected chi connectivity index (χ3v) is 2.19. The van der Waals surface area contributed by atoms with E-state index in [0.29, 0.717) is 10.2 Å². The summed E-state index contributed by atoms with van der Waals surface area (Å²) < 4.78 is 4.99. The van der Waals surface area contributed by atoms with Crippen LogP contribution in [0.15, 0.2) is 33.1 Å². The minimum Gasteiger partial charge on any atom is -0.475 e. The highest BCUT2D eigenvalue weighted by atomic mass is 32.2. The minimum atomic E-state index is -1.09. The van der Waals surface area contributed by atoms with Crippen LogP contribution in [0.25, 0.3) is 0 Å². The molecule has 0 amide bonds. The fraction of sp³-hybridized carbons (Fsp3) is 0. The summed E-state index contributed by atoms with van der Waals surface area (Å²) in [6, 6.07) is 2.96. The van der Waals surface area contributed by atoms with Crippen LogP contribution in [0.5, 0.6) is 0 Å². The van der Waals surface area contributed by atoms with Crippen molar-refractivity contribution in [2.45, 2.75) is 10.2 Å². The molecule has 0 unspecified atom stereocenters. The maximum Gasteiger partial charge on any atom is 0.371 e. The zero-order valence-electron chi connectivity index (χ0n) is 6.80. The fourth-order valence-corrected chi connectivity index (χ4v) is 1.48. The van der Waals surface area contributed by atoms with Gasteiger partial charge in [-0.15, -0.1) is 0 Å². The van der Waals surface area contributed by atoms with E-state index in [9.17, 15) is 4.79 Å². The van der Waals surface area contributed by atoms with Crippen LogP contribution in [0, 0.1) is 0 Å². The van der Waals surface area contributed by atoms with E-state index in [4.69, 9.17) is 9.52 Å². The summed E-state index contributed by atoms with van der Waals surface area (Å²) in [5.41, 5.74) is 0. The summed E-state index contributed by atoms with van der Waals surface area (Å²) in [6.07, 6.45) is 1.36. The number of aromatic nitrogens is 3. The van der Waals surface area contributed by atoms with Gasteiger partial charge in [-0.25, -0.2) is 9.78 Å². The Labute approximate surface area is 82.3 Å². The minimum absolute atomic E-state index is 0.0907. The molecule has 0 saturated heterocycles. The molecule has 0 aliphatic rings. The van der Waals surface area contributed by atoms with Crippen molar-refractivity contribution >= 4 is 17.7 Å². The molecular weight excluding hydrogens is 206 g/mol. The third-order valence-electron chi connectivity index (χ3n) is 1.38. The van der Waals surface area contributed by atoms with E-state index >= 15 is 0 Å². The summed E-state index contributed by atoms with van der Waals surface area (Å²) in [5.74, 6) is -1.18. The molecule has 6 nitrogen and oxygen atoms in total. The zero-order chi connectivity index (χ0) is 9.97. The van der Waals surface area contributed by atoms with Crippen LogP contribution in [-0.4, -0.2) is 26.3 Å². The van der Waals surface area contributed by atoms with Crippen LogP contribution < -0.4 is 0 Å². The monoisotopic (exact) mass is 211 g/mol. The van der Waals surface area contributed by atoms with Crippen LogP contribution in [0.1, 0.15) is 10.6 Å². The van der Waals surface area contributed by atoms with Gasteiger partial charge in [-0.05, 0) is 23.9 Å². The molecule has 0 spiro atoms. The molecule has 2 N–H and O–H groups in total. The highest BCUT2D eigenvalue weighted by Gasteiger charge is 2.10. The predicted octanol–water partition coefficient (Wildman–Crippen LogP) is 1.25. The number of carboxylic acids is 1. The Kier molecular flexibility index (Phi) is 2.23. The van der Waals surface area contributed by atoms with Crippen LogP contribution in [0.3, 0.4) is 0 Å². The van der Waals surface area contributed by atoms with Crippen molar-refractivity contribution < 1.29 is 14.3 Å². The standard InChI is InChI=1S/C7H5N3O3S/c11-6(12)4-1-2-5(13-4)14-7-8-3-9-10-7/h1-3H,(H,11,12)(H,8,9,10).